The van der Waals surface area contributed by atoms with E-state index in [9.17, 15) is 14.0 Å². The molecule has 1 aliphatic carbocycles. The molecule has 1 heterocycles. The van der Waals surface area contributed by atoms with Gasteiger partial charge in [0.1, 0.15) is 12.4 Å². The Hall–Kier alpha value is -2.86. The summed E-state index contributed by atoms with van der Waals surface area (Å²) in [7, 11) is 0. The average molecular weight is 457 g/mol. The number of nitrogens with one attached hydrogen (secondary N) is 1. The largest absolute Gasteiger partial charge is 0.449 e. The Balaban J connectivity index is 1.60. The molecular weight excluding hydrogens is 431 g/mol. The van der Waals surface area contributed by atoms with E-state index in [-0.39, 0.29) is 34.8 Å². The first kappa shape index (κ1) is 22.3. The molecule has 1 saturated carbocycles. The Morgan fingerprint density at radius 2 is 2.00 bits per heavy atom. The number of amides is 2. The number of anilines is 1. The van der Waals surface area contributed by atoms with Crippen LogP contribution in [0.25, 0.3) is 6.08 Å². The van der Waals surface area contributed by atoms with Gasteiger partial charge in [-0.3, -0.25) is 14.5 Å². The summed E-state index contributed by atoms with van der Waals surface area (Å²) >= 11 is 6.12. The van der Waals surface area contributed by atoms with Crippen molar-refractivity contribution >= 4 is 35.2 Å². The number of nitrogens with zero attached hydrogens (tertiary/aromatic N) is 1. The van der Waals surface area contributed by atoms with Crippen LogP contribution in [0.15, 0.2) is 48.2 Å². The molecule has 0 unspecified atom stereocenters. The molecule has 0 radical (unpaired) electrons. The fourth-order valence-corrected chi connectivity index (χ4v) is 4.60. The van der Waals surface area contributed by atoms with E-state index in [0.717, 1.165) is 19.3 Å². The maximum Gasteiger partial charge on any atom is 0.294 e. The molecule has 4 rings (SSSR count). The number of carbonyl (C=O) groups is 2. The van der Waals surface area contributed by atoms with E-state index in [2.05, 4.69) is 19.2 Å². The minimum atomic E-state index is -0.565. The lowest BCUT2D eigenvalue weighted by molar-refractivity contribution is -0.124. The third kappa shape index (κ3) is 4.51. The number of hydrogen-bond donors (Lipinski definition) is 1. The Morgan fingerprint density at radius 1 is 1.22 bits per heavy atom. The molecule has 0 spiro atoms. The zero-order chi connectivity index (χ0) is 22.8. The van der Waals surface area contributed by atoms with Crippen LogP contribution in [0.2, 0.25) is 5.02 Å². The highest BCUT2D eigenvalue weighted by molar-refractivity contribution is 6.32. The molecular formula is C25H26ClFN2O3. The number of para-hydroxylation sites is 2. The van der Waals surface area contributed by atoms with Gasteiger partial charge in [-0.1, -0.05) is 56.5 Å². The van der Waals surface area contributed by atoms with Crippen LogP contribution in [-0.2, 0) is 9.59 Å². The molecule has 7 heteroatoms. The van der Waals surface area contributed by atoms with Gasteiger partial charge in [0.15, 0.2) is 11.5 Å². The maximum absolute atomic E-state index is 14.3. The van der Waals surface area contributed by atoms with E-state index in [4.69, 9.17) is 16.3 Å². The molecule has 0 bridgehead atoms. The summed E-state index contributed by atoms with van der Waals surface area (Å²) in [5.41, 5.74) is 0.556. The van der Waals surface area contributed by atoms with E-state index in [1.54, 1.807) is 24.3 Å². The average Bonchev–Trinajstić information content (AvgIpc) is 2.76. The van der Waals surface area contributed by atoms with Gasteiger partial charge in [-0.05, 0) is 48.6 Å². The van der Waals surface area contributed by atoms with Gasteiger partial charge in [0.25, 0.3) is 5.91 Å². The zero-order valence-corrected chi connectivity index (χ0v) is 18.9. The highest BCUT2D eigenvalue weighted by Crippen LogP contribution is 2.36. The van der Waals surface area contributed by atoms with Crippen LogP contribution in [0.4, 0.5) is 10.1 Å². The Labute approximate surface area is 192 Å². The second-order valence-electron chi connectivity index (χ2n) is 8.55. The molecule has 2 aromatic rings. The summed E-state index contributed by atoms with van der Waals surface area (Å²) in [6.07, 6.45) is 4.45. The predicted octanol–water partition coefficient (Wildman–Crippen LogP) is 5.19. The van der Waals surface area contributed by atoms with Crippen molar-refractivity contribution in [3.63, 3.8) is 0 Å². The van der Waals surface area contributed by atoms with Crippen LogP contribution in [0.1, 0.15) is 38.7 Å². The van der Waals surface area contributed by atoms with E-state index >= 15 is 0 Å². The lowest BCUT2D eigenvalue weighted by Gasteiger charge is -2.35. The molecule has 168 valence electrons. The summed E-state index contributed by atoms with van der Waals surface area (Å²) in [4.78, 5) is 27.5. The lowest BCUT2D eigenvalue weighted by Crippen LogP contribution is -2.49. The molecule has 0 saturated heterocycles. The minimum absolute atomic E-state index is 0.0614. The predicted molar refractivity (Wildman–Crippen MR) is 123 cm³/mol. The maximum atomic E-state index is 14.3. The van der Waals surface area contributed by atoms with Gasteiger partial charge >= 0.3 is 0 Å². The fourth-order valence-electron chi connectivity index (χ4n) is 4.38. The smallest absolute Gasteiger partial charge is 0.294 e. The van der Waals surface area contributed by atoms with Crippen molar-refractivity contribution in [3.05, 3.63) is 64.6 Å². The van der Waals surface area contributed by atoms with Gasteiger partial charge in [0, 0.05) is 11.6 Å². The minimum Gasteiger partial charge on any atom is -0.449 e. The monoisotopic (exact) mass is 456 g/mol. The first-order valence-corrected chi connectivity index (χ1v) is 11.3. The van der Waals surface area contributed by atoms with Gasteiger partial charge in [-0.2, -0.15) is 0 Å². The Morgan fingerprint density at radius 3 is 2.78 bits per heavy atom. The summed E-state index contributed by atoms with van der Waals surface area (Å²) in [5.74, 6) is -0.0854. The van der Waals surface area contributed by atoms with Gasteiger partial charge in [0.2, 0.25) is 5.91 Å². The van der Waals surface area contributed by atoms with Gasteiger partial charge in [-0.15, -0.1) is 0 Å². The van der Waals surface area contributed by atoms with Crippen LogP contribution in [-0.4, -0.2) is 24.4 Å². The first-order chi connectivity index (χ1) is 15.3. The summed E-state index contributed by atoms with van der Waals surface area (Å²) in [5, 5.41) is 3.27. The van der Waals surface area contributed by atoms with Crippen molar-refractivity contribution in [2.24, 2.45) is 11.8 Å². The normalized spacial score (nSPS) is 24.1. The first-order valence-electron chi connectivity index (χ1n) is 10.9. The van der Waals surface area contributed by atoms with Gasteiger partial charge in [-0.25, -0.2) is 4.39 Å². The van der Waals surface area contributed by atoms with Crippen molar-refractivity contribution in [2.45, 2.75) is 39.2 Å². The topological polar surface area (TPSA) is 58.6 Å². The van der Waals surface area contributed by atoms with Gasteiger partial charge in [0.05, 0.1) is 10.7 Å². The molecule has 32 heavy (non-hydrogen) atoms. The molecule has 1 fully saturated rings. The van der Waals surface area contributed by atoms with E-state index in [1.165, 1.54) is 29.2 Å². The molecule has 5 nitrogen and oxygen atoms in total. The lowest BCUT2D eigenvalue weighted by atomic mass is 9.78. The number of fused-ring (bicyclic) bond motifs is 1. The van der Waals surface area contributed by atoms with Crippen molar-refractivity contribution in [2.75, 3.05) is 11.4 Å². The number of rotatable bonds is 4. The molecule has 0 aromatic heterocycles. The van der Waals surface area contributed by atoms with Crippen LogP contribution in [0, 0.1) is 17.7 Å². The fraction of sp³-hybridized carbons (Fsp3) is 0.360. The molecule has 1 aliphatic heterocycles. The second kappa shape index (κ2) is 9.33. The molecule has 2 amide bonds. The Bertz CT molecular complexity index is 1050. The second-order valence-corrected chi connectivity index (χ2v) is 8.95. The quantitative estimate of drug-likeness (QED) is 0.644. The molecule has 2 aromatic carbocycles. The standard InChI is InChI=1S/C25H26ClFN2O3/c1-15-7-5-10-20(16(15)2)28-24(30)14-29-21-11-3-4-12-22(21)32-23(25(29)31)13-17-18(26)8-6-9-19(17)27/h3-4,6,8-9,11-13,15-16,20H,5,7,10,14H2,1-2H3,(H,28,30)/b23-13-/t15-,16-,20-/m1/s1. The molecule has 3 atom stereocenters. The van der Waals surface area contributed by atoms with E-state index < -0.39 is 11.7 Å². The van der Waals surface area contributed by atoms with Crippen LogP contribution in [0.5, 0.6) is 5.75 Å². The van der Waals surface area contributed by atoms with E-state index in [1.807, 2.05) is 0 Å². The number of ether oxygens (including phenoxy) is 1. The summed E-state index contributed by atoms with van der Waals surface area (Å²) in [6, 6.07) is 11.3. The third-order valence-corrected chi connectivity index (χ3v) is 6.79. The zero-order valence-electron chi connectivity index (χ0n) is 18.1. The Kier molecular flexibility index (Phi) is 6.51. The highest BCUT2D eigenvalue weighted by Gasteiger charge is 2.34. The SMILES string of the molecule is C[C@@H]1[C@H](C)CCC[C@H]1NC(=O)CN1C(=O)/C(=C/c2c(F)cccc2Cl)Oc2ccccc21. The summed E-state index contributed by atoms with van der Waals surface area (Å²) in [6.45, 7) is 4.21. The van der Waals surface area contributed by atoms with Crippen LogP contribution < -0.4 is 15.0 Å². The molecule has 2 aliphatic rings. The number of benzene rings is 2. The summed E-state index contributed by atoms with van der Waals surface area (Å²) < 4.78 is 20.1. The van der Waals surface area contributed by atoms with Crippen molar-refractivity contribution in [1.82, 2.24) is 5.32 Å². The third-order valence-electron chi connectivity index (χ3n) is 6.46. The number of halogens is 2. The number of hydrogen-bond acceptors (Lipinski definition) is 3. The number of carbonyl (C=O) groups excluding carboxylic acids is 2. The highest BCUT2D eigenvalue weighted by atomic mass is 35.5. The molecule has 1 N–H and O–H groups in total. The van der Waals surface area contributed by atoms with E-state index in [0.29, 0.717) is 23.3 Å². The van der Waals surface area contributed by atoms with Crippen LogP contribution >= 0.6 is 11.6 Å². The van der Waals surface area contributed by atoms with Crippen molar-refractivity contribution in [1.29, 1.82) is 0 Å². The van der Waals surface area contributed by atoms with Crippen LogP contribution in [0.3, 0.4) is 0 Å². The van der Waals surface area contributed by atoms with Gasteiger partial charge < -0.3 is 10.1 Å². The van der Waals surface area contributed by atoms with Crippen molar-refractivity contribution < 1.29 is 18.7 Å². The van der Waals surface area contributed by atoms with Crippen molar-refractivity contribution in [3.8, 4) is 5.75 Å².